The van der Waals surface area contributed by atoms with E-state index in [1.54, 1.807) is 24.3 Å². The Hall–Kier alpha value is -2.76. The summed E-state index contributed by atoms with van der Waals surface area (Å²) < 4.78 is 13.5. The van der Waals surface area contributed by atoms with Gasteiger partial charge in [-0.3, -0.25) is 10.1 Å². The Morgan fingerprint density at radius 2 is 1.79 bits per heavy atom. The lowest BCUT2D eigenvalue weighted by Gasteiger charge is -2.03. The van der Waals surface area contributed by atoms with E-state index in [2.05, 4.69) is 5.10 Å². The maximum atomic E-state index is 13.5. The zero-order valence-corrected chi connectivity index (χ0v) is 9.79. The van der Waals surface area contributed by atoms with Gasteiger partial charge in [-0.1, -0.05) is 24.3 Å². The van der Waals surface area contributed by atoms with E-state index in [-0.39, 0.29) is 0 Å². The Kier molecular flexibility index (Phi) is 3.51. The number of hydrogen-bond donors (Lipinski definition) is 1. The zero-order chi connectivity index (χ0) is 13.8. The van der Waals surface area contributed by atoms with Crippen molar-refractivity contribution >= 4 is 11.9 Å². The largest absolute Gasteiger partial charge is 0.323 e. The molecule has 0 aromatic heterocycles. The number of nitrogens with zero attached hydrogens (tertiary/aromatic N) is 2. The van der Waals surface area contributed by atoms with Crippen LogP contribution in [0.5, 0.6) is 0 Å². The number of nitrogens with two attached hydrogens (primary N) is 1. The Labute approximate surface area is 108 Å². The van der Waals surface area contributed by atoms with Crippen molar-refractivity contribution in [3.05, 3.63) is 64.0 Å². The highest BCUT2D eigenvalue weighted by atomic mass is 19.1. The molecule has 0 unspecified atom stereocenters. The molecule has 6 heteroatoms. The van der Waals surface area contributed by atoms with E-state index in [0.717, 1.165) is 23.3 Å². The number of hydrazone groups is 1. The summed E-state index contributed by atoms with van der Waals surface area (Å²) in [6, 6.07) is 10.9. The Morgan fingerprint density at radius 3 is 2.32 bits per heavy atom. The Morgan fingerprint density at radius 1 is 1.16 bits per heavy atom. The van der Waals surface area contributed by atoms with Crippen LogP contribution in [0.15, 0.2) is 47.6 Å². The molecule has 0 aliphatic heterocycles. The van der Waals surface area contributed by atoms with Crippen molar-refractivity contribution < 1.29 is 9.31 Å². The van der Waals surface area contributed by atoms with E-state index in [1.165, 1.54) is 12.3 Å². The van der Waals surface area contributed by atoms with Crippen LogP contribution in [0.1, 0.15) is 5.56 Å². The Balaban J connectivity index is 2.36. The third-order valence-corrected chi connectivity index (χ3v) is 2.61. The van der Waals surface area contributed by atoms with Crippen molar-refractivity contribution in [3.63, 3.8) is 0 Å². The molecule has 0 spiro atoms. The molecule has 2 N–H and O–H groups in total. The zero-order valence-electron chi connectivity index (χ0n) is 9.79. The Bertz CT molecular complexity index is 639. The van der Waals surface area contributed by atoms with Gasteiger partial charge in [-0.2, -0.15) is 9.49 Å². The highest BCUT2D eigenvalue weighted by Crippen LogP contribution is 2.25. The molecule has 0 heterocycles. The normalized spacial score (nSPS) is 10.8. The molecule has 0 saturated heterocycles. The predicted octanol–water partition coefficient (Wildman–Crippen LogP) is 2.69. The van der Waals surface area contributed by atoms with E-state index < -0.39 is 16.4 Å². The van der Waals surface area contributed by atoms with Gasteiger partial charge in [0.05, 0.1) is 11.1 Å². The van der Waals surface area contributed by atoms with Gasteiger partial charge in [0.1, 0.15) is 0 Å². The number of hydrogen-bond acceptors (Lipinski definition) is 4. The SMILES string of the molecule is NN=Cc1ccc(-c2ccc([N+](=O)[O-])c(F)c2)cc1. The van der Waals surface area contributed by atoms with Crippen molar-refractivity contribution in [3.8, 4) is 11.1 Å². The lowest BCUT2D eigenvalue weighted by atomic mass is 10.0. The van der Waals surface area contributed by atoms with Gasteiger partial charge in [0.2, 0.25) is 5.82 Å². The minimum Gasteiger partial charge on any atom is -0.323 e. The summed E-state index contributed by atoms with van der Waals surface area (Å²) in [5.74, 6) is 4.18. The third kappa shape index (κ3) is 2.74. The maximum Gasteiger partial charge on any atom is 0.304 e. The molecule has 0 radical (unpaired) electrons. The van der Waals surface area contributed by atoms with Crippen LogP contribution in [-0.4, -0.2) is 11.1 Å². The molecule has 2 rings (SSSR count). The monoisotopic (exact) mass is 259 g/mol. The van der Waals surface area contributed by atoms with Gasteiger partial charge in [0.25, 0.3) is 0 Å². The molecule has 0 fully saturated rings. The van der Waals surface area contributed by atoms with Gasteiger partial charge >= 0.3 is 5.69 Å². The first kappa shape index (κ1) is 12.7. The van der Waals surface area contributed by atoms with Gasteiger partial charge in [0, 0.05) is 6.07 Å². The first-order valence-electron chi connectivity index (χ1n) is 5.39. The van der Waals surface area contributed by atoms with Gasteiger partial charge in [-0.15, -0.1) is 0 Å². The lowest BCUT2D eigenvalue weighted by Crippen LogP contribution is -1.92. The summed E-state index contributed by atoms with van der Waals surface area (Å²) in [5.41, 5.74) is 1.60. The van der Waals surface area contributed by atoms with Crippen molar-refractivity contribution in [2.24, 2.45) is 10.9 Å². The fourth-order valence-electron chi connectivity index (χ4n) is 1.68. The topological polar surface area (TPSA) is 81.5 Å². The molecule has 2 aromatic rings. The molecular formula is C13H10FN3O2. The van der Waals surface area contributed by atoms with Crippen LogP contribution in [0.4, 0.5) is 10.1 Å². The molecule has 96 valence electrons. The number of nitro groups is 1. The summed E-state index contributed by atoms with van der Waals surface area (Å²) in [7, 11) is 0. The molecule has 2 aromatic carbocycles. The van der Waals surface area contributed by atoms with E-state index in [1.807, 2.05) is 0 Å². The van der Waals surface area contributed by atoms with Crippen LogP contribution in [0.25, 0.3) is 11.1 Å². The predicted molar refractivity (Wildman–Crippen MR) is 70.3 cm³/mol. The summed E-state index contributed by atoms with van der Waals surface area (Å²) in [5, 5.41) is 13.9. The molecule has 0 aliphatic carbocycles. The molecule has 0 atom stereocenters. The summed E-state index contributed by atoms with van der Waals surface area (Å²) >= 11 is 0. The van der Waals surface area contributed by atoms with Crippen LogP contribution in [0, 0.1) is 15.9 Å². The van der Waals surface area contributed by atoms with Crippen molar-refractivity contribution in [2.75, 3.05) is 0 Å². The van der Waals surface area contributed by atoms with Crippen LogP contribution < -0.4 is 5.84 Å². The van der Waals surface area contributed by atoms with Crippen molar-refractivity contribution in [2.45, 2.75) is 0 Å². The maximum absolute atomic E-state index is 13.5. The number of nitro benzene ring substituents is 1. The molecule has 0 bridgehead atoms. The summed E-state index contributed by atoms with van der Waals surface area (Å²) in [6.07, 6.45) is 1.49. The molecule has 0 amide bonds. The van der Waals surface area contributed by atoms with Crippen molar-refractivity contribution in [1.29, 1.82) is 0 Å². The van der Waals surface area contributed by atoms with E-state index >= 15 is 0 Å². The van der Waals surface area contributed by atoms with Crippen LogP contribution >= 0.6 is 0 Å². The standard InChI is InChI=1S/C13H10FN3O2/c14-12-7-11(5-6-13(12)17(18)19)10-3-1-9(2-4-10)8-16-15/h1-8H,15H2. The fraction of sp³-hybridized carbons (Fsp3) is 0. The first-order chi connectivity index (χ1) is 9.11. The second kappa shape index (κ2) is 5.26. The van der Waals surface area contributed by atoms with Crippen LogP contribution in [-0.2, 0) is 0 Å². The summed E-state index contributed by atoms with van der Waals surface area (Å²) in [4.78, 5) is 9.78. The third-order valence-electron chi connectivity index (χ3n) is 2.61. The number of halogens is 1. The van der Waals surface area contributed by atoms with Crippen molar-refractivity contribution in [1.82, 2.24) is 0 Å². The molecular weight excluding hydrogens is 249 g/mol. The van der Waals surface area contributed by atoms with Gasteiger partial charge in [0.15, 0.2) is 0 Å². The lowest BCUT2D eigenvalue weighted by molar-refractivity contribution is -0.387. The minimum atomic E-state index is -0.852. The highest BCUT2D eigenvalue weighted by Gasteiger charge is 2.14. The first-order valence-corrected chi connectivity index (χ1v) is 5.39. The second-order valence-electron chi connectivity index (χ2n) is 3.82. The average molecular weight is 259 g/mol. The van der Waals surface area contributed by atoms with Crippen LogP contribution in [0.3, 0.4) is 0 Å². The van der Waals surface area contributed by atoms with Gasteiger partial charge < -0.3 is 5.84 Å². The molecule has 0 saturated carbocycles. The minimum absolute atomic E-state index is 0.532. The second-order valence-corrected chi connectivity index (χ2v) is 3.82. The van der Waals surface area contributed by atoms with Gasteiger partial charge in [-0.05, 0) is 28.8 Å². The highest BCUT2D eigenvalue weighted by molar-refractivity contribution is 5.80. The number of rotatable bonds is 3. The quantitative estimate of drug-likeness (QED) is 0.398. The summed E-state index contributed by atoms with van der Waals surface area (Å²) in [6.45, 7) is 0. The van der Waals surface area contributed by atoms with Crippen LogP contribution in [0.2, 0.25) is 0 Å². The molecule has 19 heavy (non-hydrogen) atoms. The fourth-order valence-corrected chi connectivity index (χ4v) is 1.68. The van der Waals surface area contributed by atoms with E-state index in [0.29, 0.717) is 5.56 Å². The van der Waals surface area contributed by atoms with Gasteiger partial charge in [-0.25, -0.2) is 0 Å². The van der Waals surface area contributed by atoms with E-state index in [9.17, 15) is 14.5 Å². The smallest absolute Gasteiger partial charge is 0.304 e. The number of benzene rings is 2. The average Bonchev–Trinajstić information content (AvgIpc) is 2.39. The van der Waals surface area contributed by atoms with E-state index in [4.69, 9.17) is 5.84 Å². The molecule has 0 aliphatic rings. The molecule has 5 nitrogen and oxygen atoms in total.